The first-order valence-corrected chi connectivity index (χ1v) is 39.0. The van der Waals surface area contributed by atoms with Gasteiger partial charge in [0.15, 0.2) is 51.9 Å². The molecule has 1 spiro atoms. The molecule has 3 aromatic carbocycles. The zero-order valence-electron chi connectivity index (χ0n) is 69.5. The van der Waals surface area contributed by atoms with Gasteiger partial charge in [0, 0.05) is 115 Å². The van der Waals surface area contributed by atoms with Gasteiger partial charge in [-0.2, -0.15) is 0 Å². The summed E-state index contributed by atoms with van der Waals surface area (Å²) in [6, 6.07) is 8.00. The number of fused-ring (bicyclic) bond motifs is 6. The maximum atomic E-state index is 15.3. The standard InChI is InChI=1S/C27H49N5O12.C26H46N4O12.C24H15F2NO7.C3H4/c1-31(2)8-3-26(39)30-17-27(40)32(9-4-24(37)28-6-11-41-13-15-43-20-22(35)18-33)10-5-25(38)29-7-12-42-14-16-44-21-23(36)19-34;1-2-3-23(35)29-16-26(38)30(8-4-24(36)27-6-10-39-12-14-41-19-21(33)17-31)9-5-25(37)28-7-11-40-13-15-42-20-22(34)18-32;1-10(28)9-27-22(31)11-2-3-13-12(6-11)23(32)34-24(13)14-7-15(25)17(30)8-19(14)33-18-5-4-16(29)21(26)20(18)24;1-3-2/h33-34H,3-21H2,1-2H3,(H,28,37)(H,29,38)(H,30,39);31-32H,2-20H2,1H3,(H,27,36)(H,28,37)(H,29,35);2-8,29-30H,9H2,1H3,(H,27,31);1-2H2. The maximum absolute atomic E-state index is 15.3. The quantitative estimate of drug-likeness (QED) is 0.0155. The van der Waals surface area contributed by atoms with E-state index in [2.05, 4.69) is 56.1 Å². The summed E-state index contributed by atoms with van der Waals surface area (Å²) >= 11 is 0. The maximum Gasteiger partial charge on any atom is 0.340 e. The van der Waals surface area contributed by atoms with Crippen molar-refractivity contribution in [1.82, 2.24) is 51.9 Å². The molecule has 123 heavy (non-hydrogen) atoms. The van der Waals surface area contributed by atoms with E-state index >= 15 is 4.39 Å². The minimum Gasteiger partial charge on any atom is -0.505 e. The van der Waals surface area contributed by atoms with Gasteiger partial charge in [0.1, 0.15) is 70.1 Å². The second-order valence-corrected chi connectivity index (χ2v) is 26.6. The van der Waals surface area contributed by atoms with Crippen LogP contribution in [0.4, 0.5) is 8.78 Å². The first-order chi connectivity index (χ1) is 58.9. The van der Waals surface area contributed by atoms with Crippen LogP contribution in [0.1, 0.15) is 96.2 Å². The van der Waals surface area contributed by atoms with Crippen LogP contribution in [0.25, 0.3) is 0 Å². The minimum atomic E-state index is -2.07. The van der Waals surface area contributed by atoms with Crippen LogP contribution in [0.2, 0.25) is 0 Å². The van der Waals surface area contributed by atoms with Gasteiger partial charge in [-0.3, -0.25) is 67.1 Å². The molecule has 684 valence electrons. The molecule has 0 aliphatic carbocycles. The van der Waals surface area contributed by atoms with Gasteiger partial charge in [-0.15, -0.1) is 5.73 Å². The second kappa shape index (κ2) is 63.0. The molecule has 0 saturated carbocycles. The fourth-order valence-corrected chi connectivity index (χ4v) is 10.4. The number of esters is 1. The monoisotopic (exact) mass is 1750 g/mol. The fraction of sp³-hybridized carbons (Fsp3) is 0.550. The summed E-state index contributed by atoms with van der Waals surface area (Å²) in [5.41, 5.74) is -0.311. The molecule has 0 saturated heterocycles. The number of halogens is 2. The van der Waals surface area contributed by atoms with Crippen LogP contribution in [-0.2, 0) is 111 Å². The predicted octanol–water partition coefficient (Wildman–Crippen LogP) is -2.76. The van der Waals surface area contributed by atoms with Crippen LogP contribution in [0.3, 0.4) is 0 Å². The first-order valence-electron chi connectivity index (χ1n) is 39.0. The molecule has 41 nitrogen and oxygen atoms in total. The number of benzene rings is 3. The molecule has 5 rings (SSSR count). The molecule has 43 heteroatoms. The summed E-state index contributed by atoms with van der Waals surface area (Å²) in [6.07, 6.45) is 1.01. The van der Waals surface area contributed by atoms with Crippen molar-refractivity contribution in [1.29, 1.82) is 0 Å². The van der Waals surface area contributed by atoms with Crippen molar-refractivity contribution in [2.75, 3.05) is 225 Å². The van der Waals surface area contributed by atoms with Crippen molar-refractivity contribution in [3.05, 3.63) is 101 Å². The zero-order valence-corrected chi connectivity index (χ0v) is 69.5. The van der Waals surface area contributed by atoms with E-state index in [1.807, 2.05) is 25.9 Å². The molecule has 1 unspecified atom stereocenters. The molecule has 0 radical (unpaired) electrons. The number of aromatic hydroxyl groups is 2. The number of carbonyl (C=O) groups excluding carboxylic acids is 15. The summed E-state index contributed by atoms with van der Waals surface area (Å²) in [5, 5.41) is 72.5. The van der Waals surface area contributed by atoms with Gasteiger partial charge in [-0.25, -0.2) is 13.6 Å². The zero-order chi connectivity index (χ0) is 91.5. The lowest BCUT2D eigenvalue weighted by Gasteiger charge is -2.36. The lowest BCUT2D eigenvalue weighted by Crippen LogP contribution is -2.44. The third kappa shape index (κ3) is 44.0. The summed E-state index contributed by atoms with van der Waals surface area (Å²) in [5.74, 6) is -10.3. The highest BCUT2D eigenvalue weighted by atomic mass is 19.1. The Bertz CT molecular complexity index is 3870. The molecule has 0 aromatic heterocycles. The molecule has 0 bridgehead atoms. The first kappa shape index (κ1) is 108. The Balaban J connectivity index is 0.000000618. The molecule has 3 aromatic rings. The Hall–Kier alpha value is -11.0. The van der Waals surface area contributed by atoms with E-state index in [4.69, 9.17) is 67.8 Å². The number of aliphatic hydroxyl groups is 4. The number of rotatable bonds is 60. The SMILES string of the molecule is C=C=C.CC(=O)CNC(=O)c1ccc2c(c1)C(=O)OC21c2cc(F)c(O)cc2Oc2ccc(O)c(F)c21.CCCC(=O)NCC(=O)N(CCC(=O)NCCOCCOCC(=O)CO)CCC(=O)NCCOCCOCC(=O)CO.CN(C)CCC(=O)NCC(=O)N(CCC(=O)NCCOCCOCC(=O)CO)CCC(=O)NCCOCCOCC(=O)CO. The molecule has 1 atom stereocenters. The molecule has 2 aliphatic heterocycles. The van der Waals surface area contributed by atoms with E-state index in [1.165, 1.54) is 41.0 Å². The van der Waals surface area contributed by atoms with Gasteiger partial charge in [0.05, 0.1) is 116 Å². The Kier molecular flexibility index (Phi) is 55.3. The molecule has 13 N–H and O–H groups in total. The number of nitrogens with zero attached hydrogens (tertiary/aromatic N) is 3. The molecule has 0 fully saturated rings. The average Bonchev–Trinajstić information content (AvgIpc) is 1.58. The lowest BCUT2D eigenvalue weighted by atomic mass is 9.77. The van der Waals surface area contributed by atoms with Gasteiger partial charge in [0.2, 0.25) is 47.3 Å². The van der Waals surface area contributed by atoms with E-state index < -0.39 is 102 Å². The van der Waals surface area contributed by atoms with Crippen molar-refractivity contribution in [3.8, 4) is 23.0 Å². The smallest absolute Gasteiger partial charge is 0.340 e. The van der Waals surface area contributed by atoms with Crippen molar-refractivity contribution in [3.63, 3.8) is 0 Å². The molecular weight excluding hydrogens is 1630 g/mol. The lowest BCUT2D eigenvalue weighted by molar-refractivity contribution is -0.135. The van der Waals surface area contributed by atoms with Crippen LogP contribution in [0, 0.1) is 11.6 Å². The molecule has 2 heterocycles. The average molecular weight is 1750 g/mol. The van der Waals surface area contributed by atoms with Crippen LogP contribution >= 0.6 is 0 Å². The number of carbonyl (C=O) groups is 15. The summed E-state index contributed by atoms with van der Waals surface area (Å²) in [6.45, 7) is 9.31. The summed E-state index contributed by atoms with van der Waals surface area (Å²) < 4.78 is 82.2. The third-order valence-electron chi connectivity index (χ3n) is 16.5. The Morgan fingerprint density at radius 1 is 0.455 bits per heavy atom. The molecule has 9 amide bonds. The van der Waals surface area contributed by atoms with Crippen molar-refractivity contribution in [2.24, 2.45) is 0 Å². The third-order valence-corrected chi connectivity index (χ3v) is 16.5. The predicted molar refractivity (Wildman–Crippen MR) is 428 cm³/mol. The van der Waals surface area contributed by atoms with Crippen molar-refractivity contribution in [2.45, 2.75) is 64.4 Å². The number of Topliss-reactive ketones (excluding diaryl/α,β-unsaturated/α-hetero) is 5. The molecule has 2 aliphatic rings. The Morgan fingerprint density at radius 3 is 1.20 bits per heavy atom. The number of ether oxygens (including phenoxy) is 10. The van der Waals surface area contributed by atoms with Gasteiger partial charge < -0.3 is 130 Å². The van der Waals surface area contributed by atoms with E-state index in [0.29, 0.717) is 13.0 Å². The highest BCUT2D eigenvalue weighted by molar-refractivity contribution is 6.02. The number of phenolic OH excluding ortho intramolecular Hbond substituents is 2. The molecular formula is C80H114F2N10O31. The highest BCUT2D eigenvalue weighted by Crippen LogP contribution is 2.58. The van der Waals surface area contributed by atoms with Gasteiger partial charge in [-0.05, 0) is 57.8 Å². The van der Waals surface area contributed by atoms with E-state index in [0.717, 1.165) is 18.2 Å². The number of ketones is 5. The summed E-state index contributed by atoms with van der Waals surface area (Å²) in [4.78, 5) is 183. The Labute approximate surface area is 709 Å². The topological polar surface area (TPSA) is 564 Å². The van der Waals surface area contributed by atoms with E-state index in [1.54, 1.807) is 0 Å². The van der Waals surface area contributed by atoms with Crippen molar-refractivity contribution >= 4 is 88.1 Å². The number of hydrogen-bond acceptors (Lipinski definition) is 32. The number of hydrogen-bond donors (Lipinski definition) is 13. The number of aliphatic hydroxyl groups excluding tert-OH is 4. The van der Waals surface area contributed by atoms with Crippen LogP contribution in [0.5, 0.6) is 23.0 Å². The van der Waals surface area contributed by atoms with Gasteiger partial charge in [0.25, 0.3) is 5.91 Å². The summed E-state index contributed by atoms with van der Waals surface area (Å²) in [7, 11) is 3.65. The number of phenols is 2. The van der Waals surface area contributed by atoms with Gasteiger partial charge in [-0.1, -0.05) is 26.1 Å². The van der Waals surface area contributed by atoms with E-state index in [-0.39, 0.29) is 297 Å². The van der Waals surface area contributed by atoms with Crippen LogP contribution in [0.15, 0.2) is 61.4 Å². The Morgan fingerprint density at radius 2 is 0.829 bits per heavy atom. The van der Waals surface area contributed by atoms with E-state index in [9.17, 15) is 86.5 Å². The van der Waals surface area contributed by atoms with Crippen molar-refractivity contribution < 1.29 is 159 Å². The minimum absolute atomic E-state index is 0.0253. The van der Waals surface area contributed by atoms with Crippen LogP contribution in [-0.4, -0.2) is 358 Å². The number of amides is 9. The normalized spacial score (nSPS) is 12.4. The highest BCUT2D eigenvalue weighted by Gasteiger charge is 2.56. The second-order valence-electron chi connectivity index (χ2n) is 26.6. The number of nitrogens with one attached hydrogen (secondary N) is 7. The fourth-order valence-electron chi connectivity index (χ4n) is 10.4. The van der Waals surface area contributed by atoms with Gasteiger partial charge >= 0.3 is 5.97 Å². The van der Waals surface area contributed by atoms with Crippen LogP contribution < -0.4 is 42.0 Å². The largest absolute Gasteiger partial charge is 0.505 e.